The van der Waals surface area contributed by atoms with Crippen LogP contribution in [-0.4, -0.2) is 19.1 Å². The molecule has 0 saturated carbocycles. The number of thiazole rings is 1. The molecule has 1 aromatic heterocycles. The van der Waals surface area contributed by atoms with Crippen LogP contribution in [0.5, 0.6) is 0 Å². The monoisotopic (exact) mass is 275 g/mol. The van der Waals surface area contributed by atoms with Gasteiger partial charge < -0.3 is 10.2 Å². The molecule has 0 amide bonds. The van der Waals surface area contributed by atoms with Crippen LogP contribution in [0.4, 0.5) is 10.8 Å². The van der Waals surface area contributed by atoms with Crippen molar-refractivity contribution in [3.05, 3.63) is 39.9 Å². The van der Waals surface area contributed by atoms with Gasteiger partial charge in [-0.25, -0.2) is 4.98 Å². The number of aryl methyl sites for hydroxylation is 3. The Balaban J connectivity index is 2.32. The van der Waals surface area contributed by atoms with E-state index in [0.29, 0.717) is 0 Å². The molecule has 0 spiro atoms. The second-order valence-electron chi connectivity index (χ2n) is 4.94. The van der Waals surface area contributed by atoms with Crippen molar-refractivity contribution in [1.29, 1.82) is 0 Å². The minimum Gasteiger partial charge on any atom is -0.321 e. The Morgan fingerprint density at radius 1 is 1.16 bits per heavy atom. The first-order chi connectivity index (χ1) is 9.01. The highest BCUT2D eigenvalue weighted by Crippen LogP contribution is 2.31. The maximum absolute atomic E-state index is 4.67. The maximum atomic E-state index is 4.67. The van der Waals surface area contributed by atoms with Crippen molar-refractivity contribution in [3.63, 3.8) is 0 Å². The summed E-state index contributed by atoms with van der Waals surface area (Å²) in [5.74, 6) is 0. The lowest BCUT2D eigenvalue weighted by molar-refractivity contribution is 0.822. The fourth-order valence-electron chi connectivity index (χ4n) is 2.14. The molecule has 19 heavy (non-hydrogen) atoms. The molecule has 0 aliphatic rings. The third-order valence-corrected chi connectivity index (χ3v) is 4.33. The molecule has 0 aliphatic carbocycles. The molecule has 0 fully saturated rings. The Bertz CT molecular complexity index is 555. The first-order valence-electron chi connectivity index (χ1n) is 6.44. The SMILES string of the molecule is CNCc1sc(N(C)c2cc(C)cc(C)c2)nc1C. The Morgan fingerprint density at radius 3 is 2.37 bits per heavy atom. The molecule has 0 saturated heterocycles. The number of benzene rings is 1. The van der Waals surface area contributed by atoms with Crippen molar-refractivity contribution >= 4 is 22.2 Å². The fraction of sp³-hybridized carbons (Fsp3) is 0.400. The van der Waals surface area contributed by atoms with Crippen molar-refractivity contribution < 1.29 is 0 Å². The topological polar surface area (TPSA) is 28.2 Å². The number of hydrogen-bond donors (Lipinski definition) is 1. The lowest BCUT2D eigenvalue weighted by Crippen LogP contribution is -2.09. The Kier molecular flexibility index (Phi) is 4.22. The molecular weight excluding hydrogens is 254 g/mol. The Hall–Kier alpha value is -1.39. The van der Waals surface area contributed by atoms with Gasteiger partial charge in [0.25, 0.3) is 0 Å². The van der Waals surface area contributed by atoms with E-state index >= 15 is 0 Å². The summed E-state index contributed by atoms with van der Waals surface area (Å²) in [6.07, 6.45) is 0. The zero-order valence-corrected chi connectivity index (χ0v) is 13.1. The number of nitrogens with one attached hydrogen (secondary N) is 1. The molecule has 1 heterocycles. The van der Waals surface area contributed by atoms with E-state index in [-0.39, 0.29) is 0 Å². The quantitative estimate of drug-likeness (QED) is 0.925. The van der Waals surface area contributed by atoms with Crippen LogP contribution in [0.15, 0.2) is 18.2 Å². The second-order valence-corrected chi connectivity index (χ2v) is 6.00. The molecule has 2 aromatic rings. The van der Waals surface area contributed by atoms with E-state index < -0.39 is 0 Å². The lowest BCUT2D eigenvalue weighted by atomic mass is 10.1. The van der Waals surface area contributed by atoms with Crippen LogP contribution in [0.2, 0.25) is 0 Å². The van der Waals surface area contributed by atoms with Crippen molar-refractivity contribution in [2.24, 2.45) is 0 Å². The zero-order valence-electron chi connectivity index (χ0n) is 12.2. The summed E-state index contributed by atoms with van der Waals surface area (Å²) in [5, 5.41) is 4.24. The second kappa shape index (κ2) is 5.72. The van der Waals surface area contributed by atoms with Gasteiger partial charge in [0.15, 0.2) is 5.13 Å². The van der Waals surface area contributed by atoms with Crippen LogP contribution < -0.4 is 10.2 Å². The third kappa shape index (κ3) is 3.14. The molecule has 0 atom stereocenters. The van der Waals surface area contributed by atoms with E-state index in [2.05, 4.69) is 61.2 Å². The first kappa shape index (κ1) is 14.0. The molecule has 0 radical (unpaired) electrons. The molecule has 0 unspecified atom stereocenters. The van der Waals surface area contributed by atoms with E-state index in [4.69, 9.17) is 0 Å². The zero-order chi connectivity index (χ0) is 14.0. The van der Waals surface area contributed by atoms with Crippen LogP contribution in [0.3, 0.4) is 0 Å². The van der Waals surface area contributed by atoms with Gasteiger partial charge >= 0.3 is 0 Å². The fourth-order valence-corrected chi connectivity index (χ4v) is 3.19. The van der Waals surface area contributed by atoms with Crippen LogP contribution in [0, 0.1) is 20.8 Å². The lowest BCUT2D eigenvalue weighted by Gasteiger charge is -2.17. The van der Waals surface area contributed by atoms with Gasteiger partial charge in [-0.2, -0.15) is 0 Å². The molecule has 102 valence electrons. The van der Waals surface area contributed by atoms with Crippen molar-refractivity contribution in [2.45, 2.75) is 27.3 Å². The van der Waals surface area contributed by atoms with Gasteiger partial charge in [-0.1, -0.05) is 17.4 Å². The standard InChI is InChI=1S/C15H21N3S/c1-10-6-11(2)8-13(7-10)18(5)15-17-12(3)14(19-15)9-16-4/h6-8,16H,9H2,1-5H3. The number of anilines is 2. The molecule has 1 aromatic carbocycles. The van der Waals surface area contributed by atoms with Gasteiger partial charge in [-0.15, -0.1) is 0 Å². The summed E-state index contributed by atoms with van der Waals surface area (Å²) in [6.45, 7) is 7.21. The van der Waals surface area contributed by atoms with Crippen molar-refractivity contribution in [2.75, 3.05) is 19.0 Å². The third-order valence-electron chi connectivity index (χ3n) is 3.10. The van der Waals surface area contributed by atoms with Crippen LogP contribution in [0.25, 0.3) is 0 Å². The summed E-state index contributed by atoms with van der Waals surface area (Å²) < 4.78 is 0. The molecule has 4 heteroatoms. The summed E-state index contributed by atoms with van der Waals surface area (Å²) >= 11 is 1.75. The van der Waals surface area contributed by atoms with Gasteiger partial charge in [0, 0.05) is 24.2 Å². The number of nitrogens with zero attached hydrogens (tertiary/aromatic N) is 2. The Labute approximate surface area is 119 Å². The van der Waals surface area contributed by atoms with Gasteiger partial charge in [-0.05, 0) is 51.1 Å². The van der Waals surface area contributed by atoms with E-state index in [0.717, 1.165) is 17.4 Å². The van der Waals surface area contributed by atoms with Crippen molar-refractivity contribution in [1.82, 2.24) is 10.3 Å². The molecule has 0 aliphatic heterocycles. The number of rotatable bonds is 4. The highest BCUT2D eigenvalue weighted by molar-refractivity contribution is 7.15. The van der Waals surface area contributed by atoms with E-state index in [1.54, 1.807) is 11.3 Å². The average molecular weight is 275 g/mol. The number of aromatic nitrogens is 1. The van der Waals surface area contributed by atoms with Crippen LogP contribution in [-0.2, 0) is 6.54 Å². The number of hydrogen-bond acceptors (Lipinski definition) is 4. The van der Waals surface area contributed by atoms with Gasteiger partial charge in [0.05, 0.1) is 5.69 Å². The molecule has 1 N–H and O–H groups in total. The summed E-state index contributed by atoms with van der Waals surface area (Å²) in [7, 11) is 4.04. The Morgan fingerprint density at radius 2 is 1.79 bits per heavy atom. The predicted octanol–water partition coefficient (Wildman–Crippen LogP) is 3.56. The normalized spacial score (nSPS) is 10.8. The first-order valence-corrected chi connectivity index (χ1v) is 7.26. The van der Waals surface area contributed by atoms with Crippen LogP contribution in [0.1, 0.15) is 21.7 Å². The van der Waals surface area contributed by atoms with E-state index in [9.17, 15) is 0 Å². The molecule has 0 bridgehead atoms. The van der Waals surface area contributed by atoms with Gasteiger partial charge in [0.1, 0.15) is 0 Å². The smallest absolute Gasteiger partial charge is 0.190 e. The van der Waals surface area contributed by atoms with E-state index in [1.165, 1.54) is 21.7 Å². The molecular formula is C15H21N3S. The van der Waals surface area contributed by atoms with Gasteiger partial charge in [0.2, 0.25) is 0 Å². The molecule has 2 rings (SSSR count). The highest BCUT2D eigenvalue weighted by atomic mass is 32.1. The summed E-state index contributed by atoms with van der Waals surface area (Å²) in [4.78, 5) is 8.13. The summed E-state index contributed by atoms with van der Waals surface area (Å²) in [6, 6.07) is 6.58. The average Bonchev–Trinajstić information content (AvgIpc) is 2.69. The predicted molar refractivity (Wildman–Crippen MR) is 83.6 cm³/mol. The van der Waals surface area contributed by atoms with Crippen LogP contribution >= 0.6 is 11.3 Å². The van der Waals surface area contributed by atoms with E-state index in [1.807, 2.05) is 7.05 Å². The minimum atomic E-state index is 0.879. The summed E-state index contributed by atoms with van der Waals surface area (Å²) in [5.41, 5.74) is 4.88. The largest absolute Gasteiger partial charge is 0.321 e. The van der Waals surface area contributed by atoms with Crippen molar-refractivity contribution in [3.8, 4) is 0 Å². The maximum Gasteiger partial charge on any atom is 0.190 e. The van der Waals surface area contributed by atoms with Gasteiger partial charge in [-0.3, -0.25) is 0 Å². The molecule has 3 nitrogen and oxygen atoms in total. The minimum absolute atomic E-state index is 0.879. The highest BCUT2D eigenvalue weighted by Gasteiger charge is 2.12.